The number of hydrogen-bond donors (Lipinski definition) is 0. The molecule has 1 aliphatic carbocycles. The number of benzene rings is 2. The Hall–Kier alpha value is -5.69. The maximum Gasteiger partial charge on any atom is 0.225 e. The third kappa shape index (κ3) is 6.78. The summed E-state index contributed by atoms with van der Waals surface area (Å²) in [4.78, 5) is 26.6. The fraction of sp³-hybridized carbons (Fsp3) is 0.132. The van der Waals surface area contributed by atoms with Crippen LogP contribution in [-0.2, 0) is 0 Å². The molecule has 0 amide bonds. The van der Waals surface area contributed by atoms with Crippen LogP contribution in [0.1, 0.15) is 23.8 Å². The molecule has 45 heavy (non-hydrogen) atoms. The van der Waals surface area contributed by atoms with Crippen molar-refractivity contribution in [2.75, 3.05) is 29.5 Å². The average Bonchev–Trinajstić information content (AvgIpc) is 3.33. The monoisotopic (exact) mass is 594 g/mol. The van der Waals surface area contributed by atoms with Crippen LogP contribution in [-0.4, -0.2) is 36.2 Å². The number of anilines is 3. The fourth-order valence-electron chi connectivity index (χ4n) is 5.23. The molecule has 0 atom stereocenters. The van der Waals surface area contributed by atoms with Gasteiger partial charge in [-0.25, -0.2) is 0 Å². The molecule has 7 nitrogen and oxygen atoms in total. The summed E-state index contributed by atoms with van der Waals surface area (Å²) >= 11 is 0. The molecular weight excluding hydrogens is 560 g/mol. The summed E-state index contributed by atoms with van der Waals surface area (Å²) in [6.07, 6.45) is 22.1. The van der Waals surface area contributed by atoms with Gasteiger partial charge in [0.1, 0.15) is 23.8 Å². The van der Waals surface area contributed by atoms with Gasteiger partial charge in [0.05, 0.1) is 22.8 Å². The zero-order chi connectivity index (χ0) is 31.0. The van der Waals surface area contributed by atoms with E-state index in [4.69, 9.17) is 9.47 Å². The van der Waals surface area contributed by atoms with Crippen molar-refractivity contribution in [3.8, 4) is 11.5 Å². The Morgan fingerprint density at radius 2 is 1.76 bits per heavy atom. The second kappa shape index (κ2) is 13.7. The smallest absolute Gasteiger partial charge is 0.225 e. The minimum absolute atomic E-state index is 0.238. The Kier molecular flexibility index (Phi) is 8.97. The Morgan fingerprint density at radius 3 is 2.64 bits per heavy atom. The van der Waals surface area contributed by atoms with Crippen molar-refractivity contribution in [1.29, 1.82) is 0 Å². The first kappa shape index (κ1) is 29.4. The zero-order valence-corrected chi connectivity index (χ0v) is 25.2. The van der Waals surface area contributed by atoms with Crippen LogP contribution >= 0.6 is 0 Å². The summed E-state index contributed by atoms with van der Waals surface area (Å²) in [5.41, 5.74) is 5.24. The number of pyridine rings is 1. The second-order valence-corrected chi connectivity index (χ2v) is 10.6. The number of allylic oxidation sites excluding steroid dienone is 6. The van der Waals surface area contributed by atoms with Crippen LogP contribution in [0.4, 0.5) is 17.1 Å². The number of aromatic nitrogens is 1. The second-order valence-electron chi connectivity index (χ2n) is 10.6. The first-order valence-corrected chi connectivity index (χ1v) is 14.9. The molecule has 224 valence electrons. The Morgan fingerprint density at radius 1 is 0.978 bits per heavy atom. The number of fused-ring (bicyclic) bond motifs is 2. The highest BCUT2D eigenvalue weighted by Gasteiger charge is 2.24. The molecular formula is C38H34N4O3. The third-order valence-electron chi connectivity index (χ3n) is 7.48. The molecule has 0 unspecified atom stereocenters. The van der Waals surface area contributed by atoms with Crippen LogP contribution in [0.5, 0.6) is 11.5 Å². The highest BCUT2D eigenvalue weighted by molar-refractivity contribution is 6.44. The summed E-state index contributed by atoms with van der Waals surface area (Å²) < 4.78 is 12.3. The molecule has 2 aliphatic heterocycles. The number of hydrogen-bond acceptors (Lipinski definition) is 7. The zero-order valence-electron chi connectivity index (χ0n) is 25.2. The lowest BCUT2D eigenvalue weighted by Gasteiger charge is -2.32. The third-order valence-corrected chi connectivity index (χ3v) is 7.48. The van der Waals surface area contributed by atoms with Crippen molar-refractivity contribution in [1.82, 2.24) is 4.98 Å². The van der Waals surface area contributed by atoms with Crippen molar-refractivity contribution in [2.24, 2.45) is 4.99 Å². The van der Waals surface area contributed by atoms with Gasteiger partial charge in [0.2, 0.25) is 5.78 Å². The van der Waals surface area contributed by atoms with Crippen LogP contribution in [0.2, 0.25) is 0 Å². The Balaban J connectivity index is 1.21. The van der Waals surface area contributed by atoms with Crippen molar-refractivity contribution in [3.05, 3.63) is 157 Å². The maximum absolute atomic E-state index is 13.5. The highest BCUT2D eigenvalue weighted by Crippen LogP contribution is 2.39. The summed E-state index contributed by atoms with van der Waals surface area (Å²) in [5.74, 6) is 2.22. The molecule has 0 N–H and O–H groups in total. The molecule has 0 spiro atoms. The molecule has 0 bridgehead atoms. The number of ether oxygens (including phenoxy) is 2. The number of carbonyl (C=O) groups excluding carboxylic acids is 1. The van der Waals surface area contributed by atoms with Gasteiger partial charge < -0.3 is 19.3 Å². The van der Waals surface area contributed by atoms with Crippen molar-refractivity contribution >= 4 is 28.6 Å². The highest BCUT2D eigenvalue weighted by atomic mass is 16.5. The molecule has 6 rings (SSSR count). The fourth-order valence-corrected chi connectivity index (χ4v) is 5.23. The number of carbonyl (C=O) groups is 1. The lowest BCUT2D eigenvalue weighted by Crippen LogP contribution is -2.28. The minimum atomic E-state index is -0.238. The van der Waals surface area contributed by atoms with Gasteiger partial charge >= 0.3 is 0 Å². The van der Waals surface area contributed by atoms with Gasteiger partial charge in [0, 0.05) is 37.6 Å². The topological polar surface area (TPSA) is 67.3 Å². The Labute approximate surface area is 263 Å². The van der Waals surface area contributed by atoms with Crippen LogP contribution in [0.15, 0.2) is 156 Å². The van der Waals surface area contributed by atoms with Crippen LogP contribution in [0, 0.1) is 0 Å². The molecule has 0 fully saturated rings. The predicted octanol–water partition coefficient (Wildman–Crippen LogP) is 8.06. The summed E-state index contributed by atoms with van der Waals surface area (Å²) in [6, 6.07) is 19.5. The van der Waals surface area contributed by atoms with E-state index in [2.05, 4.69) is 44.6 Å². The predicted molar refractivity (Wildman–Crippen MR) is 182 cm³/mol. The lowest BCUT2D eigenvalue weighted by molar-refractivity contribution is 0.106. The minimum Gasteiger partial charge on any atom is -0.487 e. The molecule has 1 aromatic heterocycles. The molecule has 3 aliphatic rings. The lowest BCUT2D eigenvalue weighted by atomic mass is 10.1. The van der Waals surface area contributed by atoms with Gasteiger partial charge in [-0.15, -0.1) is 0 Å². The molecule has 7 heteroatoms. The molecule has 3 heterocycles. The van der Waals surface area contributed by atoms with E-state index in [9.17, 15) is 4.79 Å². The number of para-hydroxylation sites is 4. The number of aliphatic imine (C=N–C) groups is 1. The Bertz CT molecular complexity index is 1830. The van der Waals surface area contributed by atoms with Gasteiger partial charge in [-0.05, 0) is 61.0 Å². The molecule has 2 aromatic carbocycles. The van der Waals surface area contributed by atoms with Gasteiger partial charge in [0.15, 0.2) is 5.75 Å². The van der Waals surface area contributed by atoms with Gasteiger partial charge in [-0.2, -0.15) is 0 Å². The van der Waals surface area contributed by atoms with Crippen molar-refractivity contribution in [2.45, 2.75) is 13.3 Å². The summed E-state index contributed by atoms with van der Waals surface area (Å²) in [5, 5.41) is 0. The molecule has 0 saturated carbocycles. The number of ketones is 1. The van der Waals surface area contributed by atoms with Gasteiger partial charge in [-0.3, -0.25) is 14.8 Å². The molecule has 0 radical (unpaired) electrons. The molecule has 3 aromatic rings. The average molecular weight is 595 g/mol. The van der Waals surface area contributed by atoms with E-state index in [1.807, 2.05) is 91.1 Å². The van der Waals surface area contributed by atoms with E-state index < -0.39 is 0 Å². The van der Waals surface area contributed by atoms with E-state index in [1.165, 1.54) is 0 Å². The summed E-state index contributed by atoms with van der Waals surface area (Å²) in [6.45, 7) is 7.28. The normalized spacial score (nSPS) is 17.8. The van der Waals surface area contributed by atoms with Crippen molar-refractivity contribution < 1.29 is 14.3 Å². The quantitative estimate of drug-likeness (QED) is 0.212. The van der Waals surface area contributed by atoms with Gasteiger partial charge in [-0.1, -0.05) is 73.4 Å². The number of rotatable bonds is 6. The largest absolute Gasteiger partial charge is 0.487 e. The molecule has 0 saturated heterocycles. The van der Waals surface area contributed by atoms with E-state index in [1.54, 1.807) is 25.4 Å². The number of nitrogens with zero attached hydrogens (tertiary/aromatic N) is 4. The van der Waals surface area contributed by atoms with Gasteiger partial charge in [0.25, 0.3) is 0 Å². The first-order valence-electron chi connectivity index (χ1n) is 14.9. The van der Waals surface area contributed by atoms with Crippen LogP contribution < -0.4 is 19.3 Å². The van der Waals surface area contributed by atoms with Crippen LogP contribution in [0.3, 0.4) is 0 Å². The van der Waals surface area contributed by atoms with E-state index >= 15 is 0 Å². The van der Waals surface area contributed by atoms with Crippen LogP contribution in [0.25, 0.3) is 0 Å². The SMILES string of the molecule is C=C1/C=C\C=C/CN(c2ccnc(C(=O)C(C)=N/C=C\CN3C4=C(CC=CC=C4)Oc4ccccc43)c2)c2ccccc2OC1. The number of Topliss-reactive ketones (excluding diaryl/α,β-unsaturated/α-hetero) is 1. The van der Waals surface area contributed by atoms with Crippen molar-refractivity contribution in [3.63, 3.8) is 0 Å². The summed E-state index contributed by atoms with van der Waals surface area (Å²) in [7, 11) is 0. The first-order chi connectivity index (χ1) is 22.1. The van der Waals surface area contributed by atoms with E-state index in [-0.39, 0.29) is 5.78 Å². The standard InChI is InChI=1S/C38H34N4O3/c1-28-14-5-4-12-24-41(32-16-8-10-18-35(32)44-27-28)30-21-23-40-31(26-30)38(43)29(2)39-22-13-25-42-33-15-6-3-7-19-36(33)45-37-20-11-9-17-34(37)42/h3-18,20-23,26H,1,19,24-25,27H2,2H3/b12-4-,14-5-,22-13-,39-29?. The van der Waals surface area contributed by atoms with E-state index in [0.29, 0.717) is 37.5 Å². The van der Waals surface area contributed by atoms with E-state index in [0.717, 1.165) is 45.6 Å². The maximum atomic E-state index is 13.5.